The Labute approximate surface area is 172 Å². The Morgan fingerprint density at radius 3 is 2.40 bits per heavy atom. The molecular formula is C19H23N5O6. The molecule has 0 bridgehead atoms. The zero-order chi connectivity index (χ0) is 21.9. The number of nitrogens with one attached hydrogen (secondary N) is 3. The number of carbonyl (C=O) groups is 5. The number of amides is 6. The fourth-order valence-corrected chi connectivity index (χ4v) is 3.23. The molecule has 2 unspecified atom stereocenters. The molecule has 2 heterocycles. The lowest BCUT2D eigenvalue weighted by Gasteiger charge is -2.40. The molecule has 1 aromatic rings. The third kappa shape index (κ3) is 3.83. The Hall–Kier alpha value is -3.47. The number of hydrogen-bond acceptors (Lipinski definition) is 6. The average molecular weight is 417 g/mol. The van der Waals surface area contributed by atoms with Crippen molar-refractivity contribution in [2.75, 3.05) is 33.3 Å². The molecular weight excluding hydrogens is 394 g/mol. The van der Waals surface area contributed by atoms with Crippen molar-refractivity contribution in [3.63, 3.8) is 0 Å². The van der Waals surface area contributed by atoms with E-state index in [2.05, 4.69) is 16.0 Å². The lowest BCUT2D eigenvalue weighted by atomic mass is 10.0. The number of benzene rings is 1. The Morgan fingerprint density at radius 1 is 1.17 bits per heavy atom. The highest BCUT2D eigenvalue weighted by Crippen LogP contribution is 2.19. The largest absolute Gasteiger partial charge is 0.349 e. The first-order valence-electron chi connectivity index (χ1n) is 9.44. The normalized spacial score (nSPS) is 22.1. The maximum Gasteiger partial charge on any atom is 0.325 e. The maximum atomic E-state index is 13.0. The fourth-order valence-electron chi connectivity index (χ4n) is 3.23. The molecule has 3 N–H and O–H groups in total. The van der Waals surface area contributed by atoms with Gasteiger partial charge in [-0.15, -0.1) is 0 Å². The van der Waals surface area contributed by atoms with Gasteiger partial charge in [-0.1, -0.05) is 30.3 Å². The van der Waals surface area contributed by atoms with Crippen molar-refractivity contribution in [3.8, 4) is 0 Å². The predicted molar refractivity (Wildman–Crippen MR) is 103 cm³/mol. The topological polar surface area (TPSA) is 137 Å². The molecule has 0 radical (unpaired) electrons. The van der Waals surface area contributed by atoms with Crippen LogP contribution in [0, 0.1) is 0 Å². The summed E-state index contributed by atoms with van der Waals surface area (Å²) in [6.07, 6.45) is 0. The number of piperazine rings is 1. The van der Waals surface area contributed by atoms with Crippen molar-refractivity contribution < 1.29 is 28.7 Å². The molecule has 2 aliphatic heterocycles. The summed E-state index contributed by atoms with van der Waals surface area (Å²) in [5.41, 5.74) is -1.09. The van der Waals surface area contributed by atoms with Crippen molar-refractivity contribution in [1.82, 2.24) is 25.8 Å². The van der Waals surface area contributed by atoms with E-state index in [1.165, 1.54) is 12.0 Å². The Bertz CT molecular complexity index is 871. The minimum absolute atomic E-state index is 0.0117. The van der Waals surface area contributed by atoms with Gasteiger partial charge in [0.1, 0.15) is 6.04 Å². The third-order valence-corrected chi connectivity index (χ3v) is 5.14. The number of methoxy groups -OCH3 is 1. The number of carbonyl (C=O) groups excluding carboxylic acids is 5. The van der Waals surface area contributed by atoms with Gasteiger partial charge in [0.25, 0.3) is 5.91 Å². The third-order valence-electron chi connectivity index (χ3n) is 5.14. The summed E-state index contributed by atoms with van der Waals surface area (Å²) in [4.78, 5) is 64.1. The predicted octanol–water partition coefficient (Wildman–Crippen LogP) is -1.28. The molecule has 0 aliphatic carbocycles. The first-order chi connectivity index (χ1) is 14.3. The summed E-state index contributed by atoms with van der Waals surface area (Å²) >= 11 is 0. The number of β-lactam (4-membered cyclic amide) rings is 1. The van der Waals surface area contributed by atoms with Crippen LogP contribution in [0.1, 0.15) is 18.5 Å². The van der Waals surface area contributed by atoms with Gasteiger partial charge in [-0.3, -0.25) is 24.1 Å². The van der Waals surface area contributed by atoms with E-state index in [0.29, 0.717) is 12.1 Å². The number of nitrogens with zero attached hydrogens (tertiary/aromatic N) is 2. The lowest BCUT2D eigenvalue weighted by Crippen LogP contribution is -2.74. The van der Waals surface area contributed by atoms with E-state index < -0.39 is 41.4 Å². The van der Waals surface area contributed by atoms with Crippen LogP contribution in [0.25, 0.3) is 0 Å². The van der Waals surface area contributed by atoms with Crippen LogP contribution in [0.15, 0.2) is 30.3 Å². The van der Waals surface area contributed by atoms with E-state index in [0.717, 1.165) is 4.90 Å². The number of likely N-dealkylation sites (N-methyl/N-ethyl adjacent to an activating group) is 1. The fraction of sp³-hybridized carbons (Fsp3) is 0.421. The molecule has 2 fully saturated rings. The van der Waals surface area contributed by atoms with E-state index in [-0.39, 0.29) is 19.6 Å². The quantitative estimate of drug-likeness (QED) is 0.299. The van der Waals surface area contributed by atoms with Crippen LogP contribution in [0.5, 0.6) is 0 Å². The van der Waals surface area contributed by atoms with Crippen LogP contribution in [0.4, 0.5) is 4.79 Å². The molecule has 11 heteroatoms. The summed E-state index contributed by atoms with van der Waals surface area (Å²) in [7, 11) is 1.28. The summed E-state index contributed by atoms with van der Waals surface area (Å²) in [6.45, 7) is 2.39. The highest BCUT2D eigenvalue weighted by molar-refractivity contribution is 6.38. The number of rotatable bonds is 6. The van der Waals surface area contributed by atoms with Crippen molar-refractivity contribution in [2.45, 2.75) is 18.7 Å². The first kappa shape index (κ1) is 21.2. The van der Waals surface area contributed by atoms with Gasteiger partial charge in [0.05, 0.1) is 6.54 Å². The average Bonchev–Trinajstić information content (AvgIpc) is 2.76. The number of ether oxygens (including phenoxy) is 1. The molecule has 30 heavy (non-hydrogen) atoms. The SMILES string of the molecule is CCN1CCN(C(=O)NC(C(=O)NC2(OC)CNC2=O)c2ccccc2)C(=O)C1=O. The van der Waals surface area contributed by atoms with Gasteiger partial charge < -0.3 is 25.6 Å². The van der Waals surface area contributed by atoms with Crippen molar-refractivity contribution in [2.24, 2.45) is 0 Å². The Kier molecular flexibility index (Phi) is 6.01. The molecule has 160 valence electrons. The van der Waals surface area contributed by atoms with E-state index >= 15 is 0 Å². The van der Waals surface area contributed by atoms with Gasteiger partial charge in [0.15, 0.2) is 0 Å². The molecule has 0 spiro atoms. The van der Waals surface area contributed by atoms with E-state index in [9.17, 15) is 24.0 Å². The highest BCUT2D eigenvalue weighted by atomic mass is 16.5. The Balaban J connectivity index is 1.79. The van der Waals surface area contributed by atoms with Crippen LogP contribution in [-0.2, 0) is 23.9 Å². The molecule has 2 saturated heterocycles. The minimum Gasteiger partial charge on any atom is -0.349 e. The van der Waals surface area contributed by atoms with Crippen molar-refractivity contribution in [1.29, 1.82) is 0 Å². The van der Waals surface area contributed by atoms with Crippen LogP contribution in [0.2, 0.25) is 0 Å². The van der Waals surface area contributed by atoms with Gasteiger partial charge in [0, 0.05) is 26.7 Å². The van der Waals surface area contributed by atoms with Crippen LogP contribution >= 0.6 is 0 Å². The van der Waals surface area contributed by atoms with E-state index in [1.54, 1.807) is 37.3 Å². The minimum atomic E-state index is -1.52. The smallest absolute Gasteiger partial charge is 0.325 e. The van der Waals surface area contributed by atoms with Crippen LogP contribution in [-0.4, -0.2) is 78.5 Å². The molecule has 6 amide bonds. The van der Waals surface area contributed by atoms with Crippen molar-refractivity contribution >= 4 is 29.7 Å². The van der Waals surface area contributed by atoms with Crippen LogP contribution < -0.4 is 16.0 Å². The summed E-state index contributed by atoms with van der Waals surface area (Å²) in [6, 6.07) is 6.24. The molecule has 3 rings (SSSR count). The lowest BCUT2D eigenvalue weighted by molar-refractivity contribution is -0.167. The van der Waals surface area contributed by atoms with Gasteiger partial charge in [-0.2, -0.15) is 0 Å². The number of hydrogen-bond donors (Lipinski definition) is 3. The maximum absolute atomic E-state index is 13.0. The van der Waals surface area contributed by atoms with E-state index in [4.69, 9.17) is 4.74 Å². The molecule has 1 aromatic carbocycles. The molecule has 2 aliphatic rings. The molecule has 11 nitrogen and oxygen atoms in total. The second kappa shape index (κ2) is 8.49. The molecule has 0 aromatic heterocycles. The summed E-state index contributed by atoms with van der Waals surface area (Å²) in [5.74, 6) is -2.94. The zero-order valence-corrected chi connectivity index (χ0v) is 16.6. The van der Waals surface area contributed by atoms with Crippen molar-refractivity contribution in [3.05, 3.63) is 35.9 Å². The van der Waals surface area contributed by atoms with Gasteiger partial charge >= 0.3 is 17.8 Å². The molecule has 2 atom stereocenters. The monoisotopic (exact) mass is 417 g/mol. The second-order valence-corrected chi connectivity index (χ2v) is 6.84. The first-order valence-corrected chi connectivity index (χ1v) is 9.44. The second-order valence-electron chi connectivity index (χ2n) is 6.84. The Morgan fingerprint density at radius 2 is 1.87 bits per heavy atom. The van der Waals surface area contributed by atoms with Crippen LogP contribution in [0.3, 0.4) is 0 Å². The van der Waals surface area contributed by atoms with E-state index in [1.807, 2.05) is 0 Å². The van der Waals surface area contributed by atoms with Gasteiger partial charge in [-0.25, -0.2) is 4.79 Å². The van der Waals surface area contributed by atoms with Gasteiger partial charge in [-0.05, 0) is 12.5 Å². The highest BCUT2D eigenvalue weighted by Gasteiger charge is 2.49. The standard InChI is InChI=1S/C19H23N5O6/c1-3-23-9-10-24(16(27)15(23)26)18(29)21-13(12-7-5-4-6-8-12)14(25)22-19(30-2)11-20-17(19)28/h4-8,13H,3,9-11H2,1-2H3,(H,20,28)(H,21,29)(H,22,25). The molecule has 0 saturated carbocycles. The summed E-state index contributed by atoms with van der Waals surface area (Å²) < 4.78 is 5.15. The van der Waals surface area contributed by atoms with Gasteiger partial charge in [0.2, 0.25) is 11.6 Å². The number of imide groups is 1. The zero-order valence-electron chi connectivity index (χ0n) is 16.6. The number of urea groups is 1. The summed E-state index contributed by atoms with van der Waals surface area (Å²) in [5, 5.41) is 7.48.